The summed E-state index contributed by atoms with van der Waals surface area (Å²) < 4.78 is 55.9. The first-order valence-corrected chi connectivity index (χ1v) is 26.6. The molecule has 2 saturated carbocycles. The average molecular weight is 1150 g/mol. The summed E-state index contributed by atoms with van der Waals surface area (Å²) in [7, 11) is 1.09. The third-order valence-corrected chi connectivity index (χ3v) is 14.8. The van der Waals surface area contributed by atoms with Crippen LogP contribution in [-0.2, 0) is 52.2 Å². The standard InChI is InChI=1S/C55H66N6O21/c1-25-40(63)41(64)42(65)53(76-25)82-43-34(59-47(66)35-23-39(62)61-55(73)60-35)21-30(49(69)74-2)22-36(43)78-54-46(81-52(72)29-12-18-33(58)19-13-29)45(77-37(48(67)68)20-26-6-4-3-5-7-26)44(80-51(71)28-10-16-32(57)17-11-28)38(79-54)24-75-50(70)27-8-14-31(56)15-9-27/h8-19,23,25-26,30,34,36-38,40-46,53-54,63-65H,3-7,20-22,24,56-58H2,1-2H3,(H,59,66)(H,67,68)(H2,60,61,62,73)/t25?,30?,34?,36-,37+,38+,40-,41+,42?,43-,44+,45?,46?,53+,54-/m1/s1. The predicted molar refractivity (Wildman–Crippen MR) is 283 cm³/mol. The molecule has 4 aromatic rings. The lowest BCUT2D eigenvalue weighted by atomic mass is 9.81. The van der Waals surface area contributed by atoms with Gasteiger partial charge in [-0.15, -0.1) is 0 Å². The second kappa shape index (κ2) is 26.9. The van der Waals surface area contributed by atoms with E-state index in [-0.39, 0.29) is 46.8 Å². The van der Waals surface area contributed by atoms with E-state index in [1.54, 1.807) is 0 Å². The van der Waals surface area contributed by atoms with E-state index in [4.69, 9.17) is 59.8 Å². The van der Waals surface area contributed by atoms with Crippen molar-refractivity contribution in [1.29, 1.82) is 0 Å². The van der Waals surface area contributed by atoms with Crippen LogP contribution in [0.3, 0.4) is 0 Å². The molecule has 4 aliphatic rings. The minimum absolute atomic E-state index is 0.0159. The lowest BCUT2D eigenvalue weighted by molar-refractivity contribution is -0.346. The third kappa shape index (κ3) is 14.8. The summed E-state index contributed by atoms with van der Waals surface area (Å²) in [6.45, 7) is 0.552. The lowest BCUT2D eigenvalue weighted by Gasteiger charge is -2.49. The van der Waals surface area contributed by atoms with Gasteiger partial charge in [0.15, 0.2) is 30.9 Å². The first kappa shape index (κ1) is 60.3. The second-order valence-electron chi connectivity index (χ2n) is 20.6. The minimum Gasteiger partial charge on any atom is -0.479 e. The normalized spacial score (nSPS) is 28.8. The number of aliphatic hydroxyl groups excluding tert-OH is 3. The van der Waals surface area contributed by atoms with Crippen LogP contribution in [0.25, 0.3) is 0 Å². The van der Waals surface area contributed by atoms with Gasteiger partial charge in [-0.1, -0.05) is 32.1 Å². The fraction of sp³-hybridized carbons (Fsp3) is 0.491. The summed E-state index contributed by atoms with van der Waals surface area (Å²) in [6.07, 6.45) is -20.2. The molecule has 27 heteroatoms. The molecule has 6 unspecified atom stereocenters. The molecule has 13 N–H and O–H groups in total. The Morgan fingerprint density at radius 1 is 0.683 bits per heavy atom. The number of ether oxygens (including phenoxy) is 9. The summed E-state index contributed by atoms with van der Waals surface area (Å²) in [4.78, 5) is 113. The van der Waals surface area contributed by atoms with Crippen molar-refractivity contribution in [2.24, 2.45) is 11.8 Å². The molecule has 2 saturated heterocycles. The van der Waals surface area contributed by atoms with Crippen LogP contribution in [0, 0.1) is 11.8 Å². The van der Waals surface area contributed by atoms with Crippen molar-refractivity contribution in [3.8, 4) is 0 Å². The van der Waals surface area contributed by atoms with Crippen molar-refractivity contribution in [2.75, 3.05) is 30.9 Å². The van der Waals surface area contributed by atoms with Crippen molar-refractivity contribution in [1.82, 2.24) is 15.3 Å². The van der Waals surface area contributed by atoms with E-state index in [9.17, 15) is 58.8 Å². The zero-order valence-electron chi connectivity index (χ0n) is 44.6. The number of carbonyl (C=O) groups excluding carboxylic acids is 5. The molecule has 3 heterocycles. The van der Waals surface area contributed by atoms with Gasteiger partial charge in [-0.25, -0.2) is 24.0 Å². The molecular weight excluding hydrogens is 1080 g/mol. The number of aromatic amines is 2. The first-order valence-electron chi connectivity index (χ1n) is 26.6. The van der Waals surface area contributed by atoms with Crippen LogP contribution in [0.4, 0.5) is 17.1 Å². The molecular formula is C55H66N6O21. The van der Waals surface area contributed by atoms with Gasteiger partial charge >= 0.3 is 35.5 Å². The highest BCUT2D eigenvalue weighted by atomic mass is 16.8. The monoisotopic (exact) mass is 1150 g/mol. The molecule has 2 aliphatic heterocycles. The van der Waals surface area contributed by atoms with Gasteiger partial charge in [-0.3, -0.25) is 19.4 Å². The number of carboxylic acid groups (broad SMARTS) is 1. The Hall–Kier alpha value is -7.76. The molecule has 15 atom stereocenters. The molecule has 0 spiro atoms. The smallest absolute Gasteiger partial charge is 0.338 e. The molecule has 3 aromatic carbocycles. The fourth-order valence-corrected chi connectivity index (χ4v) is 10.5. The summed E-state index contributed by atoms with van der Waals surface area (Å²) in [5, 5.41) is 46.5. The number of rotatable bonds is 19. The number of hydrogen-bond donors (Lipinski definition) is 10. The SMILES string of the molecule is COC(=O)C1CC(NC(=O)c2cc(=O)[nH]c(=O)[nH]2)[C@@H](O[C@@H]2OC(C)[C@@H](O)[C@H](O)C2O)[C@H](O[C@@H]2O[C@@H](COC(=O)c3ccc(N)cc3)[C@H](OC(=O)c3ccc(N)cc3)C(O[C@@H](CC3CCCCC3)C(=O)O)C2OC(=O)c2ccc(N)cc2)C1. The molecule has 1 amide bonds. The van der Waals surface area contributed by atoms with Gasteiger partial charge in [0.2, 0.25) is 0 Å². The predicted octanol–water partition coefficient (Wildman–Crippen LogP) is 0.931. The van der Waals surface area contributed by atoms with Gasteiger partial charge < -0.3 is 90.6 Å². The van der Waals surface area contributed by atoms with Crippen LogP contribution < -0.4 is 33.8 Å². The van der Waals surface area contributed by atoms with E-state index >= 15 is 0 Å². The number of aliphatic hydroxyl groups is 3. The number of esters is 4. The zero-order chi connectivity index (χ0) is 58.9. The maximum Gasteiger partial charge on any atom is 0.338 e. The zero-order valence-corrected chi connectivity index (χ0v) is 44.6. The number of carbonyl (C=O) groups is 6. The van der Waals surface area contributed by atoms with Gasteiger partial charge in [0.1, 0.15) is 48.9 Å². The fourth-order valence-electron chi connectivity index (χ4n) is 10.5. The number of aromatic nitrogens is 2. The molecule has 442 valence electrons. The van der Waals surface area contributed by atoms with Gasteiger partial charge in [-0.05, 0) is 105 Å². The summed E-state index contributed by atoms with van der Waals surface area (Å²) in [5.41, 5.74) is 16.0. The molecule has 2 aliphatic carbocycles. The van der Waals surface area contributed by atoms with Crippen LogP contribution >= 0.6 is 0 Å². The van der Waals surface area contributed by atoms with Gasteiger partial charge in [0, 0.05) is 23.1 Å². The summed E-state index contributed by atoms with van der Waals surface area (Å²) >= 11 is 0. The topological polar surface area (TPSA) is 422 Å². The number of nitrogens with two attached hydrogens (primary N) is 3. The number of anilines is 3. The number of hydrogen-bond acceptors (Lipinski definition) is 23. The van der Waals surface area contributed by atoms with E-state index in [1.807, 2.05) is 4.98 Å². The first-order chi connectivity index (χ1) is 39.1. The van der Waals surface area contributed by atoms with E-state index in [2.05, 4.69) is 10.3 Å². The van der Waals surface area contributed by atoms with Crippen LogP contribution in [0.5, 0.6) is 0 Å². The van der Waals surface area contributed by atoms with E-state index in [0.29, 0.717) is 18.5 Å². The van der Waals surface area contributed by atoms with Crippen LogP contribution in [0.15, 0.2) is 88.5 Å². The van der Waals surface area contributed by atoms with Crippen molar-refractivity contribution in [2.45, 2.75) is 144 Å². The molecule has 82 heavy (non-hydrogen) atoms. The number of benzene rings is 3. The number of aliphatic carboxylic acids is 1. The number of nitrogens with one attached hydrogen (secondary N) is 3. The minimum atomic E-state index is -2.07. The van der Waals surface area contributed by atoms with E-state index < -0.39 is 157 Å². The Labute approximate surface area is 467 Å². The van der Waals surface area contributed by atoms with Crippen LogP contribution in [0.2, 0.25) is 0 Å². The van der Waals surface area contributed by atoms with Crippen molar-refractivity contribution in [3.63, 3.8) is 0 Å². The van der Waals surface area contributed by atoms with Gasteiger partial charge in [0.25, 0.3) is 11.5 Å². The third-order valence-electron chi connectivity index (χ3n) is 14.8. The Morgan fingerprint density at radius 3 is 1.82 bits per heavy atom. The number of methoxy groups -OCH3 is 1. The number of nitrogen functional groups attached to an aromatic ring is 3. The maximum atomic E-state index is 14.6. The largest absolute Gasteiger partial charge is 0.479 e. The van der Waals surface area contributed by atoms with Gasteiger partial charge in [-0.2, -0.15) is 0 Å². The summed E-state index contributed by atoms with van der Waals surface area (Å²) in [5.74, 6) is -7.89. The van der Waals surface area contributed by atoms with Crippen molar-refractivity contribution >= 4 is 52.8 Å². The lowest BCUT2D eigenvalue weighted by Crippen LogP contribution is -2.66. The van der Waals surface area contributed by atoms with E-state index in [0.717, 1.165) is 32.4 Å². The Bertz CT molecular complexity index is 2980. The maximum absolute atomic E-state index is 14.6. The van der Waals surface area contributed by atoms with E-state index in [1.165, 1.54) is 79.7 Å². The molecule has 0 radical (unpaired) electrons. The molecule has 8 rings (SSSR count). The molecule has 1 aromatic heterocycles. The highest BCUT2D eigenvalue weighted by Gasteiger charge is 2.56. The molecule has 0 bridgehead atoms. The van der Waals surface area contributed by atoms with Crippen LogP contribution in [-0.4, -0.2) is 166 Å². The summed E-state index contributed by atoms with van der Waals surface area (Å²) in [6, 6.07) is 15.9. The highest BCUT2D eigenvalue weighted by Crippen LogP contribution is 2.39. The highest BCUT2D eigenvalue weighted by molar-refractivity contribution is 5.93. The molecule has 4 fully saturated rings. The van der Waals surface area contributed by atoms with Crippen molar-refractivity contribution < 1.29 is 91.8 Å². The average Bonchev–Trinajstić information content (AvgIpc) is 2.93. The van der Waals surface area contributed by atoms with Gasteiger partial charge in [0.05, 0.1) is 48.0 Å². The quantitative estimate of drug-likeness (QED) is 0.0355. The number of amides is 1. The van der Waals surface area contributed by atoms with Crippen LogP contribution in [0.1, 0.15) is 99.9 Å². The number of carboxylic acids is 1. The molecule has 27 nitrogen and oxygen atoms in total. The number of H-pyrrole nitrogens is 2. The van der Waals surface area contributed by atoms with Crippen molar-refractivity contribution in [3.05, 3.63) is 122 Å². The Balaban J connectivity index is 1.28. The Kier molecular flexibility index (Phi) is 19.8. The Morgan fingerprint density at radius 2 is 1.26 bits per heavy atom. The second-order valence-corrected chi connectivity index (χ2v) is 20.6.